The van der Waals surface area contributed by atoms with Crippen LogP contribution in [-0.4, -0.2) is 24.5 Å². The van der Waals surface area contributed by atoms with Gasteiger partial charge in [0.25, 0.3) is 5.91 Å². The number of nitrogens with one attached hydrogen (secondary N) is 1. The molecule has 3 N–H and O–H groups in total. The second-order valence-electron chi connectivity index (χ2n) is 8.75. The summed E-state index contributed by atoms with van der Waals surface area (Å²) in [5.41, 5.74) is 5.95. The zero-order valence-electron chi connectivity index (χ0n) is 15.4. The number of ether oxygens (including phenoxy) is 1. The first kappa shape index (κ1) is 17.4. The van der Waals surface area contributed by atoms with Crippen molar-refractivity contribution in [2.45, 2.75) is 51.5 Å². The van der Waals surface area contributed by atoms with Gasteiger partial charge in [0.15, 0.2) is 6.61 Å². The molecule has 140 valence electrons. The van der Waals surface area contributed by atoms with Crippen LogP contribution in [0, 0.1) is 23.2 Å². The molecule has 1 aromatic carbocycles. The highest BCUT2D eigenvalue weighted by atomic mass is 16.5. The summed E-state index contributed by atoms with van der Waals surface area (Å²) in [6.45, 7) is 2.17. The van der Waals surface area contributed by atoms with Crippen molar-refractivity contribution in [3.05, 3.63) is 29.8 Å². The second-order valence-corrected chi connectivity index (χ2v) is 8.75. The van der Waals surface area contributed by atoms with E-state index in [-0.39, 0.29) is 18.6 Å². The van der Waals surface area contributed by atoms with E-state index in [1.807, 2.05) is 0 Å². The molecule has 4 aliphatic carbocycles. The van der Waals surface area contributed by atoms with Crippen LogP contribution in [0.25, 0.3) is 0 Å². The first-order valence-electron chi connectivity index (χ1n) is 9.75. The van der Waals surface area contributed by atoms with Gasteiger partial charge in [-0.1, -0.05) is 0 Å². The minimum absolute atomic E-state index is 0.00732. The van der Waals surface area contributed by atoms with Crippen LogP contribution in [-0.2, 0) is 4.79 Å². The van der Waals surface area contributed by atoms with Crippen molar-refractivity contribution in [1.82, 2.24) is 5.32 Å². The summed E-state index contributed by atoms with van der Waals surface area (Å²) in [7, 11) is 0. The molecule has 0 aromatic heterocycles. The van der Waals surface area contributed by atoms with E-state index in [0.717, 1.165) is 17.8 Å². The van der Waals surface area contributed by atoms with Crippen molar-refractivity contribution in [3.8, 4) is 5.75 Å². The molecule has 4 saturated carbocycles. The van der Waals surface area contributed by atoms with E-state index in [9.17, 15) is 9.59 Å². The summed E-state index contributed by atoms with van der Waals surface area (Å²) >= 11 is 0. The van der Waals surface area contributed by atoms with E-state index in [1.165, 1.54) is 38.5 Å². The van der Waals surface area contributed by atoms with Gasteiger partial charge in [0, 0.05) is 11.6 Å². The molecule has 5 heteroatoms. The predicted molar refractivity (Wildman–Crippen MR) is 98.7 cm³/mol. The summed E-state index contributed by atoms with van der Waals surface area (Å²) < 4.78 is 5.56. The lowest BCUT2D eigenvalue weighted by atomic mass is 9.48. The monoisotopic (exact) mass is 356 g/mol. The minimum Gasteiger partial charge on any atom is -0.484 e. The van der Waals surface area contributed by atoms with Crippen LogP contribution in [0.4, 0.5) is 0 Å². The molecule has 0 aliphatic heterocycles. The Morgan fingerprint density at radius 2 is 1.65 bits per heavy atom. The molecule has 0 radical (unpaired) electrons. The van der Waals surface area contributed by atoms with Crippen molar-refractivity contribution in [2.75, 3.05) is 6.61 Å². The molecule has 1 atom stereocenters. The highest BCUT2D eigenvalue weighted by Crippen LogP contribution is 2.61. The van der Waals surface area contributed by atoms with Gasteiger partial charge in [-0.15, -0.1) is 0 Å². The maximum Gasteiger partial charge on any atom is 0.258 e. The fraction of sp³-hybridized carbons (Fsp3) is 0.619. The van der Waals surface area contributed by atoms with Crippen molar-refractivity contribution in [2.24, 2.45) is 28.9 Å². The normalized spacial score (nSPS) is 32.9. The summed E-state index contributed by atoms with van der Waals surface area (Å²) in [5, 5.41) is 3.20. The third-order valence-corrected chi connectivity index (χ3v) is 6.89. The van der Waals surface area contributed by atoms with Gasteiger partial charge in [0.1, 0.15) is 5.75 Å². The maximum atomic E-state index is 12.4. The summed E-state index contributed by atoms with van der Waals surface area (Å²) in [4.78, 5) is 23.5. The number of amides is 2. The number of rotatable bonds is 6. The highest BCUT2D eigenvalue weighted by Gasteiger charge is 2.53. The van der Waals surface area contributed by atoms with E-state index in [1.54, 1.807) is 24.3 Å². The zero-order valence-corrected chi connectivity index (χ0v) is 15.4. The lowest BCUT2D eigenvalue weighted by Crippen LogP contribution is -2.56. The molecule has 1 unspecified atom stereocenters. The molecule has 0 saturated heterocycles. The second kappa shape index (κ2) is 6.60. The van der Waals surface area contributed by atoms with Crippen LogP contribution >= 0.6 is 0 Å². The summed E-state index contributed by atoms with van der Waals surface area (Å²) in [5.74, 6) is 2.64. The van der Waals surface area contributed by atoms with E-state index in [0.29, 0.717) is 16.7 Å². The first-order valence-corrected chi connectivity index (χ1v) is 9.75. The van der Waals surface area contributed by atoms with E-state index in [4.69, 9.17) is 10.5 Å². The summed E-state index contributed by atoms with van der Waals surface area (Å²) in [6.07, 6.45) is 8.04. The number of carbonyl (C=O) groups is 2. The smallest absolute Gasteiger partial charge is 0.258 e. The molecular weight excluding hydrogens is 328 g/mol. The molecule has 1 aromatic rings. The third-order valence-electron chi connectivity index (χ3n) is 6.89. The Balaban J connectivity index is 1.31. The lowest BCUT2D eigenvalue weighted by Gasteiger charge is -2.59. The number of benzene rings is 1. The number of carbonyl (C=O) groups excluding carboxylic acids is 2. The quantitative estimate of drug-likeness (QED) is 0.822. The zero-order chi connectivity index (χ0) is 18.3. The predicted octanol–water partition coefficient (Wildman–Crippen LogP) is 2.89. The molecule has 2 amide bonds. The van der Waals surface area contributed by atoms with Crippen LogP contribution in [0.3, 0.4) is 0 Å². The van der Waals surface area contributed by atoms with Gasteiger partial charge in [0.2, 0.25) is 5.91 Å². The number of nitrogens with two attached hydrogens (primary N) is 1. The van der Waals surface area contributed by atoms with Gasteiger partial charge < -0.3 is 15.8 Å². The van der Waals surface area contributed by atoms with Crippen molar-refractivity contribution < 1.29 is 14.3 Å². The Hall–Kier alpha value is -2.04. The molecule has 4 fully saturated rings. The van der Waals surface area contributed by atoms with E-state index < -0.39 is 5.91 Å². The average Bonchev–Trinajstić information content (AvgIpc) is 2.59. The summed E-state index contributed by atoms with van der Waals surface area (Å²) in [6, 6.07) is 6.73. The SMILES string of the molecule is CC(NC(=O)COc1ccc(C(N)=O)cc1)C12CC3CC(CC(C3)C1)C2. The molecule has 0 spiro atoms. The number of hydrogen-bond donors (Lipinski definition) is 2. The Kier molecular flexibility index (Phi) is 4.41. The van der Waals surface area contributed by atoms with Crippen molar-refractivity contribution in [1.29, 1.82) is 0 Å². The van der Waals surface area contributed by atoms with Crippen LogP contribution in [0.1, 0.15) is 55.8 Å². The highest BCUT2D eigenvalue weighted by molar-refractivity contribution is 5.92. The molecule has 5 rings (SSSR count). The van der Waals surface area contributed by atoms with Crippen LogP contribution < -0.4 is 15.8 Å². The van der Waals surface area contributed by atoms with E-state index in [2.05, 4.69) is 12.2 Å². The van der Waals surface area contributed by atoms with Gasteiger partial charge in [-0.25, -0.2) is 0 Å². The number of hydrogen-bond acceptors (Lipinski definition) is 3. The standard InChI is InChI=1S/C21H28N2O3/c1-13(21-9-14-6-15(10-21)8-16(7-14)11-21)23-19(24)12-26-18-4-2-17(3-5-18)20(22)25/h2-5,13-16H,6-12H2,1H3,(H2,22,25)(H,23,24). The van der Waals surface area contributed by atoms with E-state index >= 15 is 0 Å². The minimum atomic E-state index is -0.473. The Morgan fingerprint density at radius 1 is 1.12 bits per heavy atom. The Labute approximate surface area is 154 Å². The van der Waals surface area contributed by atoms with Gasteiger partial charge in [-0.05, 0) is 92.9 Å². The van der Waals surface area contributed by atoms with Crippen LogP contribution in [0.15, 0.2) is 24.3 Å². The average molecular weight is 356 g/mol. The topological polar surface area (TPSA) is 81.4 Å². The van der Waals surface area contributed by atoms with Gasteiger partial charge in [0.05, 0.1) is 0 Å². The van der Waals surface area contributed by atoms with Crippen molar-refractivity contribution in [3.63, 3.8) is 0 Å². The Bertz CT molecular complexity index is 662. The molecule has 5 nitrogen and oxygen atoms in total. The largest absolute Gasteiger partial charge is 0.484 e. The molecule has 4 bridgehead atoms. The molecule has 4 aliphatic rings. The number of primary amides is 1. The van der Waals surface area contributed by atoms with Gasteiger partial charge in [-0.3, -0.25) is 9.59 Å². The van der Waals surface area contributed by atoms with Gasteiger partial charge >= 0.3 is 0 Å². The molecule has 0 heterocycles. The fourth-order valence-corrected chi connectivity index (χ4v) is 6.01. The molecule has 26 heavy (non-hydrogen) atoms. The van der Waals surface area contributed by atoms with Crippen molar-refractivity contribution >= 4 is 11.8 Å². The van der Waals surface area contributed by atoms with Gasteiger partial charge in [-0.2, -0.15) is 0 Å². The first-order chi connectivity index (χ1) is 12.4. The Morgan fingerprint density at radius 3 is 2.15 bits per heavy atom. The fourth-order valence-electron chi connectivity index (χ4n) is 6.01. The van der Waals surface area contributed by atoms with Crippen LogP contribution in [0.2, 0.25) is 0 Å². The maximum absolute atomic E-state index is 12.4. The third kappa shape index (κ3) is 3.31. The van der Waals surface area contributed by atoms with Crippen LogP contribution in [0.5, 0.6) is 5.75 Å². The lowest BCUT2D eigenvalue weighted by molar-refractivity contribution is -0.127. The molecular formula is C21H28N2O3.